The van der Waals surface area contributed by atoms with E-state index in [1.165, 1.54) is 12.2 Å². The fourth-order valence-corrected chi connectivity index (χ4v) is 2.55. The number of phenols is 1. The van der Waals surface area contributed by atoms with E-state index < -0.39 is 0 Å². The molecule has 24 heavy (non-hydrogen) atoms. The minimum absolute atomic E-state index is 0. The molecule has 0 unspecified atom stereocenters. The maximum absolute atomic E-state index is 11.7. The van der Waals surface area contributed by atoms with Crippen LogP contribution < -0.4 is 34.7 Å². The van der Waals surface area contributed by atoms with Crippen LogP contribution in [0.15, 0.2) is 72.3 Å². The van der Waals surface area contributed by atoms with E-state index in [1.54, 1.807) is 43.3 Å². The number of carbonyl (C=O) groups excluding carboxylic acids is 1. The number of rotatable bonds is 2. The summed E-state index contributed by atoms with van der Waals surface area (Å²) in [5, 5.41) is 21.2. The van der Waals surface area contributed by atoms with Gasteiger partial charge < -0.3 is 10.2 Å². The Bertz CT molecular complexity index is 841. The minimum Gasteiger partial charge on any atom is -0.872 e. The van der Waals surface area contributed by atoms with Crippen molar-refractivity contribution < 1.29 is 44.6 Å². The van der Waals surface area contributed by atoms with Crippen LogP contribution in [0.2, 0.25) is 0 Å². The molecule has 0 fully saturated rings. The molecule has 0 spiro atoms. The predicted octanol–water partition coefficient (Wildman–Crippen LogP) is 0.275. The maximum Gasteiger partial charge on any atom is 1.00 e. The second-order valence-electron chi connectivity index (χ2n) is 5.43. The third kappa shape index (κ3) is 3.88. The zero-order valence-electron chi connectivity index (χ0n) is 13.6. The van der Waals surface area contributed by atoms with Gasteiger partial charge in [0.25, 0.3) is 0 Å². The van der Waals surface area contributed by atoms with Gasteiger partial charge in [-0.05, 0) is 53.5 Å². The van der Waals surface area contributed by atoms with Gasteiger partial charge in [-0.1, -0.05) is 48.0 Å². The molecular formula is C20H15NaO3. The van der Waals surface area contributed by atoms with Crippen molar-refractivity contribution in [3.05, 3.63) is 89.0 Å². The summed E-state index contributed by atoms with van der Waals surface area (Å²) in [7, 11) is 0. The average Bonchev–Trinajstić information content (AvgIpc) is 2.55. The van der Waals surface area contributed by atoms with Crippen molar-refractivity contribution in [3.63, 3.8) is 0 Å². The van der Waals surface area contributed by atoms with Gasteiger partial charge in [0.1, 0.15) is 5.75 Å². The summed E-state index contributed by atoms with van der Waals surface area (Å²) in [4.78, 5) is 11.4. The van der Waals surface area contributed by atoms with Crippen LogP contribution >= 0.6 is 0 Å². The van der Waals surface area contributed by atoms with E-state index in [0.717, 1.165) is 22.3 Å². The normalized spacial score (nSPS) is 12.9. The van der Waals surface area contributed by atoms with Crippen molar-refractivity contribution in [2.24, 2.45) is 0 Å². The van der Waals surface area contributed by atoms with Crippen LogP contribution in [0.3, 0.4) is 0 Å². The van der Waals surface area contributed by atoms with Crippen LogP contribution in [-0.2, 0) is 4.79 Å². The van der Waals surface area contributed by atoms with E-state index in [0.29, 0.717) is 5.56 Å². The molecule has 0 bridgehead atoms. The van der Waals surface area contributed by atoms with Crippen molar-refractivity contribution in [1.29, 1.82) is 0 Å². The summed E-state index contributed by atoms with van der Waals surface area (Å²) >= 11 is 0. The molecule has 2 aromatic carbocycles. The summed E-state index contributed by atoms with van der Waals surface area (Å²) in [5.74, 6) is 0.132. The molecule has 0 amide bonds. The summed E-state index contributed by atoms with van der Waals surface area (Å²) in [6, 6.07) is 12.0. The number of aromatic hydroxyl groups is 1. The van der Waals surface area contributed by atoms with Crippen molar-refractivity contribution >= 4 is 11.4 Å². The number of benzene rings is 2. The average molecular weight is 326 g/mol. The van der Waals surface area contributed by atoms with Gasteiger partial charge in [-0.3, -0.25) is 4.79 Å². The molecule has 2 aromatic rings. The van der Waals surface area contributed by atoms with Gasteiger partial charge in [0.15, 0.2) is 5.78 Å². The Kier molecular flexibility index (Phi) is 5.84. The fourth-order valence-electron chi connectivity index (χ4n) is 2.55. The molecule has 0 aromatic heterocycles. The molecule has 0 saturated carbocycles. The zero-order valence-corrected chi connectivity index (χ0v) is 15.6. The van der Waals surface area contributed by atoms with Gasteiger partial charge in [-0.2, -0.15) is 0 Å². The molecule has 0 heterocycles. The molecule has 0 saturated heterocycles. The van der Waals surface area contributed by atoms with Crippen molar-refractivity contribution in [3.8, 4) is 11.5 Å². The number of ketones is 1. The molecular weight excluding hydrogens is 311 g/mol. The first-order valence-corrected chi connectivity index (χ1v) is 7.26. The Balaban J connectivity index is 0.00000208. The second-order valence-corrected chi connectivity index (χ2v) is 5.43. The molecule has 1 aliphatic rings. The summed E-state index contributed by atoms with van der Waals surface area (Å²) in [6.07, 6.45) is 6.57. The summed E-state index contributed by atoms with van der Waals surface area (Å²) in [5.41, 5.74) is 4.26. The summed E-state index contributed by atoms with van der Waals surface area (Å²) < 4.78 is 0. The van der Waals surface area contributed by atoms with Gasteiger partial charge in [0.2, 0.25) is 0 Å². The van der Waals surface area contributed by atoms with E-state index in [2.05, 4.69) is 0 Å². The first-order chi connectivity index (χ1) is 11.0. The van der Waals surface area contributed by atoms with Crippen LogP contribution in [-0.4, -0.2) is 10.9 Å². The zero-order chi connectivity index (χ0) is 16.4. The second kappa shape index (κ2) is 7.67. The van der Waals surface area contributed by atoms with Crippen LogP contribution in [0.5, 0.6) is 11.5 Å². The Hall–Kier alpha value is -2.07. The molecule has 114 valence electrons. The molecule has 3 rings (SSSR count). The van der Waals surface area contributed by atoms with E-state index in [9.17, 15) is 15.0 Å². The minimum atomic E-state index is -0.0510. The Morgan fingerprint density at radius 2 is 1.50 bits per heavy atom. The first kappa shape index (κ1) is 18.3. The van der Waals surface area contributed by atoms with Crippen LogP contribution in [0.4, 0.5) is 0 Å². The van der Waals surface area contributed by atoms with Gasteiger partial charge in [0.05, 0.1) is 0 Å². The van der Waals surface area contributed by atoms with E-state index in [1.807, 2.05) is 18.2 Å². The fraction of sp³-hybridized carbons (Fsp3) is 0.0500. The van der Waals surface area contributed by atoms with E-state index in [-0.39, 0.29) is 46.8 Å². The molecule has 1 N–H and O–H groups in total. The number of allylic oxidation sites excluding steroid dienone is 5. The van der Waals surface area contributed by atoms with Crippen LogP contribution in [0.25, 0.3) is 5.57 Å². The Morgan fingerprint density at radius 1 is 0.917 bits per heavy atom. The largest absolute Gasteiger partial charge is 1.00 e. The molecule has 3 nitrogen and oxygen atoms in total. The van der Waals surface area contributed by atoms with Gasteiger partial charge in [-0.15, -0.1) is 5.75 Å². The van der Waals surface area contributed by atoms with Crippen molar-refractivity contribution in [2.45, 2.75) is 6.92 Å². The molecule has 4 heteroatoms. The quantitative estimate of drug-likeness (QED) is 0.806. The van der Waals surface area contributed by atoms with Crippen LogP contribution in [0, 0.1) is 6.92 Å². The third-order valence-electron chi connectivity index (χ3n) is 3.76. The Labute approximate surface area is 162 Å². The van der Waals surface area contributed by atoms with E-state index in [4.69, 9.17) is 0 Å². The molecule has 1 aliphatic carbocycles. The number of aryl methyl sites for hydroxylation is 1. The number of hydrogen-bond donors (Lipinski definition) is 1. The molecule has 0 atom stereocenters. The third-order valence-corrected chi connectivity index (χ3v) is 3.76. The van der Waals surface area contributed by atoms with Crippen molar-refractivity contribution in [1.82, 2.24) is 0 Å². The number of hydrogen-bond acceptors (Lipinski definition) is 3. The standard InChI is InChI=1S/C20H16O3.Na/c1-13-12-16(6-11-19(13)23)20(14-2-7-17(21)8-3-14)15-4-9-18(22)10-5-15;/h2-12,21,23H,1H3;/q;+1/p-1. The monoisotopic (exact) mass is 326 g/mol. The van der Waals surface area contributed by atoms with Crippen molar-refractivity contribution in [2.75, 3.05) is 0 Å². The van der Waals surface area contributed by atoms with Gasteiger partial charge >= 0.3 is 29.6 Å². The summed E-state index contributed by atoms with van der Waals surface area (Å²) in [6.45, 7) is 1.78. The van der Waals surface area contributed by atoms with Gasteiger partial charge in [0, 0.05) is 0 Å². The van der Waals surface area contributed by atoms with Gasteiger partial charge in [-0.25, -0.2) is 0 Å². The predicted molar refractivity (Wildman–Crippen MR) is 88.0 cm³/mol. The van der Waals surface area contributed by atoms with E-state index >= 15 is 0 Å². The van der Waals surface area contributed by atoms with Crippen LogP contribution in [0.1, 0.15) is 16.7 Å². The molecule has 0 aliphatic heterocycles. The number of phenolic OH excluding ortho intramolecular Hbond substituents is 1. The first-order valence-electron chi connectivity index (χ1n) is 7.26. The maximum atomic E-state index is 11.7. The SMILES string of the molecule is Cc1cc(C(=C2C=CC(=O)C=C2)c2ccc(O)cc2)ccc1[O-].[Na+]. The Morgan fingerprint density at radius 3 is 2.08 bits per heavy atom. The smallest absolute Gasteiger partial charge is 0.872 e. The number of carbonyl (C=O) groups is 1. The molecule has 0 radical (unpaired) electrons. The topological polar surface area (TPSA) is 60.4 Å².